The summed E-state index contributed by atoms with van der Waals surface area (Å²) < 4.78 is 15.2. The summed E-state index contributed by atoms with van der Waals surface area (Å²) in [5.74, 6) is 0.631. The number of rotatable bonds is 5. The highest BCUT2D eigenvalue weighted by molar-refractivity contribution is 5.93. The second kappa shape index (κ2) is 6.61. The van der Waals surface area contributed by atoms with Gasteiger partial charge in [0.15, 0.2) is 5.82 Å². The van der Waals surface area contributed by atoms with Crippen molar-refractivity contribution in [2.24, 2.45) is 0 Å². The predicted octanol–water partition coefficient (Wildman–Crippen LogP) is 3.42. The molecule has 0 radical (unpaired) electrons. The Labute approximate surface area is 141 Å². The van der Waals surface area contributed by atoms with E-state index < -0.39 is 0 Å². The molecule has 2 aromatic heterocycles. The largest absolute Gasteiger partial charge is 0.395 e. The van der Waals surface area contributed by atoms with Gasteiger partial charge in [-0.05, 0) is 43.2 Å². The molecule has 0 aliphatic carbocycles. The molecular formula is C19H22FN3O. The van der Waals surface area contributed by atoms with E-state index in [2.05, 4.69) is 28.3 Å². The van der Waals surface area contributed by atoms with Crippen molar-refractivity contribution in [3.63, 3.8) is 0 Å². The number of pyridine rings is 1. The van der Waals surface area contributed by atoms with E-state index in [1.165, 1.54) is 17.7 Å². The molecule has 0 unspecified atom stereocenters. The Hall–Kier alpha value is -2.40. The summed E-state index contributed by atoms with van der Waals surface area (Å²) in [5.41, 5.74) is 4.40. The summed E-state index contributed by atoms with van der Waals surface area (Å²) >= 11 is 0. The summed E-state index contributed by atoms with van der Waals surface area (Å²) in [4.78, 5) is 6.63. The third kappa shape index (κ3) is 2.87. The number of hydrogen-bond donors (Lipinski definition) is 1. The number of halogens is 1. The van der Waals surface area contributed by atoms with E-state index in [0.717, 1.165) is 28.0 Å². The first-order chi connectivity index (χ1) is 11.5. The Kier molecular flexibility index (Phi) is 4.53. The molecule has 4 nitrogen and oxygen atoms in total. The zero-order chi connectivity index (χ0) is 17.3. The van der Waals surface area contributed by atoms with Crippen LogP contribution in [0.25, 0.3) is 10.9 Å². The van der Waals surface area contributed by atoms with Gasteiger partial charge in [-0.2, -0.15) is 0 Å². The van der Waals surface area contributed by atoms with Gasteiger partial charge in [0.1, 0.15) is 5.82 Å². The molecule has 5 heteroatoms. The van der Waals surface area contributed by atoms with Crippen LogP contribution in [-0.2, 0) is 13.1 Å². The molecule has 3 aromatic rings. The molecular weight excluding hydrogens is 305 g/mol. The van der Waals surface area contributed by atoms with Gasteiger partial charge >= 0.3 is 0 Å². The van der Waals surface area contributed by atoms with Crippen molar-refractivity contribution in [2.45, 2.75) is 26.9 Å². The highest BCUT2D eigenvalue weighted by atomic mass is 19.1. The maximum Gasteiger partial charge on any atom is 0.153 e. The van der Waals surface area contributed by atoms with Crippen molar-refractivity contribution >= 4 is 16.7 Å². The molecule has 24 heavy (non-hydrogen) atoms. The molecule has 0 spiro atoms. The first kappa shape index (κ1) is 16.5. The maximum atomic E-state index is 13.1. The standard InChI is InChI=1S/C19H22FN3O/c1-13-14(2)23(10-11-24)18-17(13)8-9-21-19(18)22(3)12-15-4-6-16(20)7-5-15/h4-9,24H,10-12H2,1-3H3. The quantitative estimate of drug-likeness (QED) is 0.781. The molecule has 0 atom stereocenters. The van der Waals surface area contributed by atoms with Crippen molar-refractivity contribution in [2.75, 3.05) is 18.6 Å². The number of aliphatic hydroxyl groups excluding tert-OH is 1. The van der Waals surface area contributed by atoms with Crippen molar-refractivity contribution < 1.29 is 9.50 Å². The molecule has 0 saturated heterocycles. The van der Waals surface area contributed by atoms with Crippen LogP contribution in [0.4, 0.5) is 10.2 Å². The summed E-state index contributed by atoms with van der Waals surface area (Å²) in [5, 5.41) is 10.6. The lowest BCUT2D eigenvalue weighted by atomic mass is 10.2. The van der Waals surface area contributed by atoms with E-state index in [1.54, 1.807) is 12.1 Å². The number of nitrogens with zero attached hydrogens (tertiary/aromatic N) is 3. The highest BCUT2D eigenvalue weighted by Crippen LogP contribution is 2.31. The minimum Gasteiger partial charge on any atom is -0.395 e. The van der Waals surface area contributed by atoms with Gasteiger partial charge in [-0.1, -0.05) is 12.1 Å². The Morgan fingerprint density at radius 1 is 1.17 bits per heavy atom. The fourth-order valence-electron chi connectivity index (χ4n) is 3.17. The molecule has 0 saturated carbocycles. The normalized spacial score (nSPS) is 11.2. The number of aryl methyl sites for hydroxylation is 1. The number of hydrogen-bond acceptors (Lipinski definition) is 3. The van der Waals surface area contributed by atoms with Crippen molar-refractivity contribution in [1.29, 1.82) is 0 Å². The lowest BCUT2D eigenvalue weighted by Crippen LogP contribution is -2.19. The third-order valence-corrected chi connectivity index (χ3v) is 4.54. The van der Waals surface area contributed by atoms with Crippen LogP contribution in [0, 0.1) is 19.7 Å². The molecule has 0 bridgehead atoms. The van der Waals surface area contributed by atoms with Gasteiger partial charge in [-0.15, -0.1) is 0 Å². The average molecular weight is 327 g/mol. The van der Waals surface area contributed by atoms with Crippen LogP contribution in [0.2, 0.25) is 0 Å². The predicted molar refractivity (Wildman–Crippen MR) is 94.8 cm³/mol. The zero-order valence-corrected chi connectivity index (χ0v) is 14.3. The molecule has 3 rings (SSSR count). The molecule has 0 fully saturated rings. The summed E-state index contributed by atoms with van der Waals surface area (Å²) in [6.07, 6.45) is 1.81. The van der Waals surface area contributed by atoms with Crippen LogP contribution in [0.3, 0.4) is 0 Å². The third-order valence-electron chi connectivity index (χ3n) is 4.54. The lowest BCUT2D eigenvalue weighted by Gasteiger charge is -2.20. The van der Waals surface area contributed by atoms with Crippen LogP contribution >= 0.6 is 0 Å². The summed E-state index contributed by atoms with van der Waals surface area (Å²) in [7, 11) is 1.98. The molecule has 0 aliphatic rings. The number of benzene rings is 1. The van der Waals surface area contributed by atoms with Gasteiger partial charge in [0.05, 0.1) is 12.1 Å². The minimum absolute atomic E-state index is 0.0834. The Morgan fingerprint density at radius 3 is 2.54 bits per heavy atom. The summed E-state index contributed by atoms with van der Waals surface area (Å²) in [6.45, 7) is 5.41. The van der Waals surface area contributed by atoms with Crippen LogP contribution < -0.4 is 4.90 Å². The number of fused-ring (bicyclic) bond motifs is 1. The first-order valence-corrected chi connectivity index (χ1v) is 8.03. The van der Waals surface area contributed by atoms with Crippen LogP contribution in [0.1, 0.15) is 16.8 Å². The molecule has 1 N–H and O–H groups in total. The molecule has 0 aliphatic heterocycles. The topological polar surface area (TPSA) is 41.3 Å². The van der Waals surface area contributed by atoms with Crippen LogP contribution in [-0.4, -0.2) is 28.3 Å². The smallest absolute Gasteiger partial charge is 0.153 e. The fraction of sp³-hybridized carbons (Fsp3) is 0.316. The molecule has 2 heterocycles. The Bertz CT molecular complexity index is 855. The average Bonchev–Trinajstić information content (AvgIpc) is 2.82. The number of aliphatic hydroxyl groups is 1. The van der Waals surface area contributed by atoms with Crippen molar-refractivity contribution in [1.82, 2.24) is 9.55 Å². The van der Waals surface area contributed by atoms with Gasteiger partial charge in [-0.25, -0.2) is 9.37 Å². The van der Waals surface area contributed by atoms with E-state index in [-0.39, 0.29) is 12.4 Å². The van der Waals surface area contributed by atoms with Gasteiger partial charge in [0.2, 0.25) is 0 Å². The molecule has 1 aromatic carbocycles. The minimum atomic E-state index is -0.232. The van der Waals surface area contributed by atoms with E-state index in [1.807, 2.05) is 19.3 Å². The van der Waals surface area contributed by atoms with Gasteiger partial charge in [0, 0.05) is 37.4 Å². The Morgan fingerprint density at radius 2 is 1.88 bits per heavy atom. The SMILES string of the molecule is Cc1c(C)n(CCO)c2c(N(C)Cc3ccc(F)cc3)nccc12. The highest BCUT2D eigenvalue weighted by Gasteiger charge is 2.17. The molecule has 126 valence electrons. The van der Waals surface area contributed by atoms with Crippen LogP contribution in [0.15, 0.2) is 36.5 Å². The van der Waals surface area contributed by atoms with Crippen LogP contribution in [0.5, 0.6) is 0 Å². The van der Waals surface area contributed by atoms with Gasteiger partial charge < -0.3 is 14.6 Å². The van der Waals surface area contributed by atoms with E-state index in [9.17, 15) is 9.50 Å². The number of aromatic nitrogens is 2. The van der Waals surface area contributed by atoms with Gasteiger partial charge in [0.25, 0.3) is 0 Å². The fourth-order valence-corrected chi connectivity index (χ4v) is 3.17. The second-order valence-electron chi connectivity index (χ2n) is 6.10. The summed E-state index contributed by atoms with van der Waals surface area (Å²) in [6, 6.07) is 8.53. The monoisotopic (exact) mass is 327 g/mol. The second-order valence-corrected chi connectivity index (χ2v) is 6.10. The lowest BCUT2D eigenvalue weighted by molar-refractivity contribution is 0.277. The first-order valence-electron chi connectivity index (χ1n) is 8.03. The van der Waals surface area contributed by atoms with E-state index in [0.29, 0.717) is 13.1 Å². The number of anilines is 1. The maximum absolute atomic E-state index is 13.1. The zero-order valence-electron chi connectivity index (χ0n) is 14.3. The molecule has 0 amide bonds. The Balaban J connectivity index is 2.05. The van der Waals surface area contributed by atoms with Crippen molar-refractivity contribution in [3.8, 4) is 0 Å². The van der Waals surface area contributed by atoms with Gasteiger partial charge in [-0.3, -0.25) is 0 Å². The van der Waals surface area contributed by atoms with Crippen molar-refractivity contribution in [3.05, 3.63) is 59.2 Å². The van der Waals surface area contributed by atoms with E-state index >= 15 is 0 Å². The van der Waals surface area contributed by atoms with E-state index in [4.69, 9.17) is 0 Å².